The third-order valence-corrected chi connectivity index (χ3v) is 4.96. The van der Waals surface area contributed by atoms with Gasteiger partial charge in [-0.15, -0.1) is 0 Å². The Hall–Kier alpha value is -1.14. The van der Waals surface area contributed by atoms with Crippen LogP contribution in [0.1, 0.15) is 32.1 Å². The molecule has 1 fully saturated rings. The first-order valence-corrected chi connectivity index (χ1v) is 8.24. The van der Waals surface area contributed by atoms with Gasteiger partial charge in [-0.1, -0.05) is 19.3 Å². The second kappa shape index (κ2) is 6.34. The number of anilines is 1. The Bertz CT molecular complexity index is 510. The molecule has 0 radical (unpaired) electrons. The number of pyridine rings is 1. The summed E-state index contributed by atoms with van der Waals surface area (Å²) < 4.78 is 27.2. The summed E-state index contributed by atoms with van der Waals surface area (Å²) in [7, 11) is -1.83. The van der Waals surface area contributed by atoms with Gasteiger partial charge in [0.1, 0.15) is 0 Å². The van der Waals surface area contributed by atoms with Gasteiger partial charge in [0, 0.05) is 19.8 Å². The minimum absolute atomic E-state index is 0.0771. The monoisotopic (exact) mass is 283 g/mol. The van der Waals surface area contributed by atoms with Crippen LogP contribution in [0.3, 0.4) is 0 Å². The van der Waals surface area contributed by atoms with E-state index in [1.54, 1.807) is 19.2 Å². The maximum Gasteiger partial charge on any atom is 0.260 e. The molecule has 1 aromatic rings. The van der Waals surface area contributed by atoms with E-state index in [9.17, 15) is 8.42 Å². The smallest absolute Gasteiger partial charge is 0.260 e. The first kappa shape index (κ1) is 14.3. The van der Waals surface area contributed by atoms with Gasteiger partial charge < -0.3 is 5.32 Å². The van der Waals surface area contributed by atoms with Crippen LogP contribution in [0.15, 0.2) is 23.4 Å². The summed E-state index contributed by atoms with van der Waals surface area (Å²) in [6.07, 6.45) is 7.41. The van der Waals surface area contributed by atoms with E-state index < -0.39 is 10.0 Å². The Labute approximate surface area is 114 Å². The molecule has 5 nitrogen and oxygen atoms in total. The maximum absolute atomic E-state index is 12.2. The Kier molecular flexibility index (Phi) is 4.76. The molecular formula is C13H21N3O2S. The quantitative estimate of drug-likeness (QED) is 0.867. The summed E-state index contributed by atoms with van der Waals surface area (Å²) >= 11 is 0. The predicted octanol–water partition coefficient (Wildman–Crippen LogP) is 1.98. The van der Waals surface area contributed by atoms with Crippen molar-refractivity contribution in [2.24, 2.45) is 5.92 Å². The van der Waals surface area contributed by atoms with E-state index in [4.69, 9.17) is 0 Å². The van der Waals surface area contributed by atoms with Crippen molar-refractivity contribution in [1.82, 2.24) is 9.71 Å². The van der Waals surface area contributed by atoms with Crippen LogP contribution in [0.5, 0.6) is 0 Å². The van der Waals surface area contributed by atoms with Crippen LogP contribution in [0.25, 0.3) is 0 Å². The zero-order chi connectivity index (χ0) is 13.7. The minimum Gasteiger partial charge on any atom is -0.386 e. The maximum atomic E-state index is 12.2. The molecule has 0 aliphatic heterocycles. The van der Waals surface area contributed by atoms with Gasteiger partial charge in [0.15, 0.2) is 5.03 Å². The van der Waals surface area contributed by atoms with Crippen LogP contribution in [0.2, 0.25) is 0 Å². The summed E-state index contributed by atoms with van der Waals surface area (Å²) in [4.78, 5) is 3.97. The number of rotatable bonds is 5. The largest absolute Gasteiger partial charge is 0.386 e. The Morgan fingerprint density at radius 1 is 1.32 bits per heavy atom. The summed E-state index contributed by atoms with van der Waals surface area (Å²) in [5.41, 5.74) is 0.527. The van der Waals surface area contributed by atoms with E-state index in [0.717, 1.165) is 12.8 Å². The molecule has 1 aliphatic carbocycles. The highest BCUT2D eigenvalue weighted by atomic mass is 32.2. The number of hydrogen-bond donors (Lipinski definition) is 2. The van der Waals surface area contributed by atoms with E-state index in [1.807, 2.05) is 0 Å². The molecule has 0 bridgehead atoms. The summed E-state index contributed by atoms with van der Waals surface area (Å²) in [5, 5.41) is 2.94. The van der Waals surface area contributed by atoms with Crippen LogP contribution in [-0.2, 0) is 10.0 Å². The summed E-state index contributed by atoms with van der Waals surface area (Å²) in [6.45, 7) is 0.516. The van der Waals surface area contributed by atoms with Crippen molar-refractivity contribution >= 4 is 15.7 Å². The fourth-order valence-electron chi connectivity index (χ4n) is 2.48. The van der Waals surface area contributed by atoms with Crippen LogP contribution < -0.4 is 10.0 Å². The molecule has 0 spiro atoms. The lowest BCUT2D eigenvalue weighted by molar-refractivity contribution is 0.357. The SMILES string of the molecule is CNc1cccnc1S(=O)(=O)NCC1CCCCC1. The molecule has 1 aromatic heterocycles. The fraction of sp³-hybridized carbons (Fsp3) is 0.615. The topological polar surface area (TPSA) is 71.1 Å². The third-order valence-electron chi connectivity index (χ3n) is 3.58. The van der Waals surface area contributed by atoms with Crippen LogP contribution in [0.4, 0.5) is 5.69 Å². The van der Waals surface area contributed by atoms with Crippen LogP contribution in [0, 0.1) is 5.92 Å². The van der Waals surface area contributed by atoms with Gasteiger partial charge in [0.05, 0.1) is 5.69 Å². The molecule has 0 amide bonds. The highest BCUT2D eigenvalue weighted by Crippen LogP contribution is 2.24. The fourth-order valence-corrected chi connectivity index (χ4v) is 3.73. The standard InChI is InChI=1S/C13H21N3O2S/c1-14-12-8-5-9-15-13(12)19(17,18)16-10-11-6-3-2-4-7-11/h5,8-9,11,14,16H,2-4,6-7,10H2,1H3. The molecule has 106 valence electrons. The van der Waals surface area contributed by atoms with Crippen molar-refractivity contribution < 1.29 is 8.42 Å². The first-order chi connectivity index (χ1) is 9.13. The van der Waals surface area contributed by atoms with Gasteiger partial charge in [-0.25, -0.2) is 18.1 Å². The van der Waals surface area contributed by atoms with E-state index in [-0.39, 0.29) is 5.03 Å². The van der Waals surface area contributed by atoms with Crippen molar-refractivity contribution in [3.05, 3.63) is 18.3 Å². The first-order valence-electron chi connectivity index (χ1n) is 6.76. The van der Waals surface area contributed by atoms with Gasteiger partial charge in [0.25, 0.3) is 10.0 Å². The third kappa shape index (κ3) is 3.67. The van der Waals surface area contributed by atoms with Gasteiger partial charge in [-0.05, 0) is 30.9 Å². The number of nitrogens with one attached hydrogen (secondary N) is 2. The summed E-state index contributed by atoms with van der Waals surface area (Å²) in [6, 6.07) is 3.42. The molecule has 2 N–H and O–H groups in total. The minimum atomic E-state index is -3.53. The molecule has 1 aliphatic rings. The van der Waals surface area contributed by atoms with E-state index in [2.05, 4.69) is 15.0 Å². The van der Waals surface area contributed by atoms with Gasteiger partial charge in [0.2, 0.25) is 0 Å². The number of sulfonamides is 1. The van der Waals surface area contributed by atoms with Gasteiger partial charge >= 0.3 is 0 Å². The lowest BCUT2D eigenvalue weighted by atomic mass is 9.90. The van der Waals surface area contributed by atoms with Crippen molar-refractivity contribution in [2.75, 3.05) is 18.9 Å². The Morgan fingerprint density at radius 3 is 2.74 bits per heavy atom. The zero-order valence-corrected chi connectivity index (χ0v) is 12.0. The van der Waals surface area contributed by atoms with Crippen molar-refractivity contribution in [3.8, 4) is 0 Å². The Morgan fingerprint density at radius 2 is 2.05 bits per heavy atom. The second-order valence-corrected chi connectivity index (χ2v) is 6.64. The number of hydrogen-bond acceptors (Lipinski definition) is 4. The molecule has 6 heteroatoms. The molecule has 1 heterocycles. The summed E-state index contributed by atoms with van der Waals surface area (Å²) in [5.74, 6) is 0.463. The van der Waals surface area contributed by atoms with E-state index in [1.165, 1.54) is 25.5 Å². The normalized spacial score (nSPS) is 17.3. The highest BCUT2D eigenvalue weighted by molar-refractivity contribution is 7.89. The lowest BCUT2D eigenvalue weighted by Crippen LogP contribution is -2.31. The van der Waals surface area contributed by atoms with Crippen molar-refractivity contribution in [2.45, 2.75) is 37.1 Å². The van der Waals surface area contributed by atoms with Crippen molar-refractivity contribution in [1.29, 1.82) is 0 Å². The molecule has 0 unspecified atom stereocenters. The van der Waals surface area contributed by atoms with Crippen LogP contribution >= 0.6 is 0 Å². The molecule has 0 atom stereocenters. The molecule has 0 aromatic carbocycles. The highest BCUT2D eigenvalue weighted by Gasteiger charge is 2.22. The van der Waals surface area contributed by atoms with Crippen LogP contribution in [-0.4, -0.2) is 27.0 Å². The van der Waals surface area contributed by atoms with E-state index in [0.29, 0.717) is 18.2 Å². The average Bonchev–Trinajstić information content (AvgIpc) is 2.46. The molecule has 19 heavy (non-hydrogen) atoms. The van der Waals surface area contributed by atoms with Crippen molar-refractivity contribution in [3.63, 3.8) is 0 Å². The number of nitrogens with zero attached hydrogens (tertiary/aromatic N) is 1. The zero-order valence-electron chi connectivity index (χ0n) is 11.2. The molecule has 0 saturated heterocycles. The molecular weight excluding hydrogens is 262 g/mol. The predicted molar refractivity (Wildman–Crippen MR) is 75.5 cm³/mol. The van der Waals surface area contributed by atoms with E-state index >= 15 is 0 Å². The van der Waals surface area contributed by atoms with Gasteiger partial charge in [-0.2, -0.15) is 0 Å². The molecule has 1 saturated carbocycles. The second-order valence-electron chi connectivity index (χ2n) is 4.96. The Balaban J connectivity index is 2.05. The molecule has 2 rings (SSSR count). The number of aromatic nitrogens is 1. The van der Waals surface area contributed by atoms with Gasteiger partial charge in [-0.3, -0.25) is 0 Å². The average molecular weight is 283 g/mol. The lowest BCUT2D eigenvalue weighted by Gasteiger charge is -2.21.